The van der Waals surface area contributed by atoms with Gasteiger partial charge in [-0.25, -0.2) is 0 Å². The second kappa shape index (κ2) is 6.48. The number of benzene rings is 1. The molecular formula is C13H19Cl2N. The van der Waals surface area contributed by atoms with E-state index >= 15 is 0 Å². The first-order valence-electron chi connectivity index (χ1n) is 5.66. The molecule has 1 aromatic rings. The third-order valence-corrected chi connectivity index (χ3v) is 3.04. The average Bonchev–Trinajstić information content (AvgIpc) is 2.19. The van der Waals surface area contributed by atoms with E-state index in [1.165, 1.54) is 5.56 Å². The lowest BCUT2D eigenvalue weighted by Crippen LogP contribution is -2.28. The van der Waals surface area contributed by atoms with Crippen molar-refractivity contribution >= 4 is 23.2 Å². The maximum atomic E-state index is 6.13. The van der Waals surface area contributed by atoms with E-state index in [2.05, 4.69) is 26.1 Å². The zero-order valence-corrected chi connectivity index (χ0v) is 11.6. The van der Waals surface area contributed by atoms with Gasteiger partial charge in [-0.15, -0.1) is 0 Å². The summed E-state index contributed by atoms with van der Waals surface area (Å²) < 4.78 is 0. The van der Waals surface area contributed by atoms with Crippen LogP contribution in [-0.2, 0) is 6.42 Å². The molecule has 0 saturated carbocycles. The standard InChI is InChI=1S/C13H19Cl2N/c1-9(2)16-8-10(3)6-11-4-5-12(14)7-13(11)15/h4-5,7,9-10,16H,6,8H2,1-3H3. The molecule has 0 aliphatic heterocycles. The molecule has 0 spiro atoms. The Labute approximate surface area is 108 Å². The van der Waals surface area contributed by atoms with Crippen LogP contribution < -0.4 is 5.32 Å². The zero-order valence-electron chi connectivity index (χ0n) is 10.1. The zero-order chi connectivity index (χ0) is 12.1. The molecule has 0 aromatic heterocycles. The second-order valence-corrected chi connectivity index (χ2v) is 5.45. The molecule has 1 rings (SSSR count). The van der Waals surface area contributed by atoms with Gasteiger partial charge < -0.3 is 5.32 Å². The Hall–Kier alpha value is -0.240. The molecule has 1 nitrogen and oxygen atoms in total. The quantitative estimate of drug-likeness (QED) is 0.837. The summed E-state index contributed by atoms with van der Waals surface area (Å²) in [7, 11) is 0. The predicted octanol–water partition coefficient (Wildman–Crippen LogP) is 4.17. The minimum atomic E-state index is 0.531. The Morgan fingerprint density at radius 3 is 2.44 bits per heavy atom. The van der Waals surface area contributed by atoms with Gasteiger partial charge in [0.05, 0.1) is 0 Å². The van der Waals surface area contributed by atoms with Gasteiger partial charge in [0, 0.05) is 16.1 Å². The van der Waals surface area contributed by atoms with E-state index in [9.17, 15) is 0 Å². The van der Waals surface area contributed by atoms with Gasteiger partial charge in [0.1, 0.15) is 0 Å². The van der Waals surface area contributed by atoms with Crippen molar-refractivity contribution in [2.75, 3.05) is 6.54 Å². The van der Waals surface area contributed by atoms with Crippen molar-refractivity contribution in [2.24, 2.45) is 5.92 Å². The second-order valence-electron chi connectivity index (χ2n) is 4.61. The summed E-state index contributed by atoms with van der Waals surface area (Å²) in [5.74, 6) is 0.570. The molecule has 0 bridgehead atoms. The smallest absolute Gasteiger partial charge is 0.0452 e. The van der Waals surface area contributed by atoms with E-state index in [0.717, 1.165) is 18.0 Å². The van der Waals surface area contributed by atoms with Gasteiger partial charge in [0.25, 0.3) is 0 Å². The summed E-state index contributed by atoms with van der Waals surface area (Å²) in [5, 5.41) is 4.89. The predicted molar refractivity (Wildman–Crippen MR) is 72.5 cm³/mol. The van der Waals surface area contributed by atoms with E-state index in [1.807, 2.05) is 12.1 Å². The van der Waals surface area contributed by atoms with E-state index < -0.39 is 0 Å². The summed E-state index contributed by atoms with van der Waals surface area (Å²) >= 11 is 12.0. The lowest BCUT2D eigenvalue weighted by molar-refractivity contribution is 0.476. The van der Waals surface area contributed by atoms with Crippen molar-refractivity contribution in [1.29, 1.82) is 0 Å². The molecule has 1 N–H and O–H groups in total. The molecule has 0 fully saturated rings. The van der Waals surface area contributed by atoms with Gasteiger partial charge in [0.2, 0.25) is 0 Å². The van der Waals surface area contributed by atoms with E-state index in [0.29, 0.717) is 17.0 Å². The van der Waals surface area contributed by atoms with Gasteiger partial charge in [-0.2, -0.15) is 0 Å². The number of rotatable bonds is 5. The van der Waals surface area contributed by atoms with Crippen LogP contribution in [0.1, 0.15) is 26.3 Å². The molecule has 1 aromatic carbocycles. The SMILES string of the molecule is CC(CNC(C)C)Cc1ccc(Cl)cc1Cl. The molecule has 1 unspecified atom stereocenters. The van der Waals surface area contributed by atoms with Crippen molar-refractivity contribution in [3.8, 4) is 0 Å². The molecule has 0 aliphatic rings. The fourth-order valence-electron chi connectivity index (χ4n) is 1.57. The number of hydrogen-bond acceptors (Lipinski definition) is 1. The van der Waals surface area contributed by atoms with Crippen LogP contribution in [0.25, 0.3) is 0 Å². The molecule has 0 heterocycles. The Bertz CT molecular complexity index is 337. The summed E-state index contributed by atoms with van der Waals surface area (Å²) in [6.45, 7) is 7.54. The fourth-order valence-corrected chi connectivity index (χ4v) is 2.06. The molecule has 3 heteroatoms. The number of nitrogens with one attached hydrogen (secondary N) is 1. The Morgan fingerprint density at radius 1 is 1.19 bits per heavy atom. The van der Waals surface area contributed by atoms with E-state index in [4.69, 9.17) is 23.2 Å². The monoisotopic (exact) mass is 259 g/mol. The van der Waals surface area contributed by atoms with Gasteiger partial charge >= 0.3 is 0 Å². The van der Waals surface area contributed by atoms with Crippen molar-refractivity contribution in [3.05, 3.63) is 33.8 Å². The highest BCUT2D eigenvalue weighted by molar-refractivity contribution is 6.35. The Balaban J connectivity index is 2.52. The highest BCUT2D eigenvalue weighted by Crippen LogP contribution is 2.23. The van der Waals surface area contributed by atoms with Gasteiger partial charge in [-0.3, -0.25) is 0 Å². The normalized spacial score (nSPS) is 13.1. The van der Waals surface area contributed by atoms with Crippen molar-refractivity contribution in [2.45, 2.75) is 33.2 Å². The Kier molecular flexibility index (Phi) is 5.60. The van der Waals surface area contributed by atoms with E-state index in [-0.39, 0.29) is 0 Å². The Morgan fingerprint density at radius 2 is 1.88 bits per heavy atom. The van der Waals surface area contributed by atoms with Crippen LogP contribution >= 0.6 is 23.2 Å². The lowest BCUT2D eigenvalue weighted by atomic mass is 10.0. The average molecular weight is 260 g/mol. The first kappa shape index (κ1) is 13.8. The van der Waals surface area contributed by atoms with Crippen LogP contribution in [0.5, 0.6) is 0 Å². The summed E-state index contributed by atoms with van der Waals surface area (Å²) in [5.41, 5.74) is 1.17. The van der Waals surface area contributed by atoms with Crippen molar-refractivity contribution in [3.63, 3.8) is 0 Å². The molecule has 1 atom stereocenters. The first-order valence-corrected chi connectivity index (χ1v) is 6.42. The van der Waals surface area contributed by atoms with Gasteiger partial charge in [-0.05, 0) is 36.6 Å². The largest absolute Gasteiger partial charge is 0.314 e. The molecule has 0 saturated heterocycles. The van der Waals surface area contributed by atoms with Gasteiger partial charge in [0.15, 0.2) is 0 Å². The molecule has 0 aliphatic carbocycles. The van der Waals surface area contributed by atoms with Crippen LogP contribution in [0.2, 0.25) is 10.0 Å². The highest BCUT2D eigenvalue weighted by Gasteiger charge is 2.07. The van der Waals surface area contributed by atoms with Crippen LogP contribution in [0.15, 0.2) is 18.2 Å². The number of hydrogen-bond donors (Lipinski definition) is 1. The number of halogens is 2. The molecule has 0 radical (unpaired) electrons. The van der Waals surface area contributed by atoms with Crippen LogP contribution in [-0.4, -0.2) is 12.6 Å². The molecule has 16 heavy (non-hydrogen) atoms. The van der Waals surface area contributed by atoms with Crippen molar-refractivity contribution in [1.82, 2.24) is 5.32 Å². The van der Waals surface area contributed by atoms with Crippen LogP contribution in [0.4, 0.5) is 0 Å². The van der Waals surface area contributed by atoms with Crippen LogP contribution in [0, 0.1) is 5.92 Å². The lowest BCUT2D eigenvalue weighted by Gasteiger charge is -2.15. The molecular weight excluding hydrogens is 241 g/mol. The summed E-state index contributed by atoms with van der Waals surface area (Å²) in [4.78, 5) is 0. The molecule has 0 amide bonds. The highest BCUT2D eigenvalue weighted by atomic mass is 35.5. The molecule has 90 valence electrons. The first-order chi connectivity index (χ1) is 7.49. The topological polar surface area (TPSA) is 12.0 Å². The maximum absolute atomic E-state index is 6.13. The third kappa shape index (κ3) is 4.73. The summed E-state index contributed by atoms with van der Waals surface area (Å²) in [6.07, 6.45) is 0.982. The minimum absolute atomic E-state index is 0.531. The maximum Gasteiger partial charge on any atom is 0.0452 e. The third-order valence-electron chi connectivity index (χ3n) is 2.46. The van der Waals surface area contributed by atoms with Crippen LogP contribution in [0.3, 0.4) is 0 Å². The van der Waals surface area contributed by atoms with E-state index in [1.54, 1.807) is 6.07 Å². The summed E-state index contributed by atoms with van der Waals surface area (Å²) in [6, 6.07) is 6.24. The fraction of sp³-hybridized carbons (Fsp3) is 0.538. The van der Waals surface area contributed by atoms with Gasteiger partial charge in [-0.1, -0.05) is 50.0 Å². The minimum Gasteiger partial charge on any atom is -0.314 e. The van der Waals surface area contributed by atoms with Crippen molar-refractivity contribution < 1.29 is 0 Å².